The number of nitrogens with one attached hydrogen (secondary N) is 1. The molecule has 0 bridgehead atoms. The molecule has 5 rings (SSSR count). The number of aryl methyl sites for hydroxylation is 1. The number of aromatic nitrogens is 1. The number of pyridine rings is 1. The molecule has 3 aromatic carbocycles. The minimum atomic E-state index is -0.953. The van der Waals surface area contributed by atoms with Crippen LogP contribution < -0.4 is 15.1 Å². The topological polar surface area (TPSA) is 123 Å². The molecule has 4 aromatic rings. The zero-order valence-corrected chi connectivity index (χ0v) is 25.4. The Hall–Kier alpha value is -5.51. The number of carbonyl (C=O) groups is 4. The second-order valence-corrected chi connectivity index (χ2v) is 11.2. The van der Waals surface area contributed by atoms with Crippen molar-refractivity contribution in [1.82, 2.24) is 9.88 Å². The molecule has 0 saturated carbocycles. The maximum Gasteiger partial charge on any atom is 0.326 e. The van der Waals surface area contributed by atoms with Crippen molar-refractivity contribution in [3.63, 3.8) is 0 Å². The van der Waals surface area contributed by atoms with Crippen molar-refractivity contribution in [3.05, 3.63) is 120 Å². The molecule has 0 aliphatic carbocycles. The summed E-state index contributed by atoms with van der Waals surface area (Å²) in [6.07, 6.45) is 3.23. The molecule has 2 atom stereocenters. The third-order valence-electron chi connectivity index (χ3n) is 8.28. The van der Waals surface area contributed by atoms with Crippen molar-refractivity contribution < 1.29 is 24.3 Å². The summed E-state index contributed by atoms with van der Waals surface area (Å²) in [7, 11) is 3.41. The van der Waals surface area contributed by atoms with E-state index < -0.39 is 11.9 Å². The fraction of sp³-hybridized carbons (Fsp3) is 0.229. The number of hydrogen-bond acceptors (Lipinski definition) is 5. The number of carboxylic acids is 1. The molecule has 1 saturated heterocycles. The van der Waals surface area contributed by atoms with E-state index in [9.17, 15) is 24.3 Å². The first-order valence-corrected chi connectivity index (χ1v) is 14.6. The normalized spacial score (nSPS) is 15.8. The van der Waals surface area contributed by atoms with Gasteiger partial charge >= 0.3 is 12.0 Å². The first-order chi connectivity index (χ1) is 21.6. The molecule has 1 aromatic heterocycles. The number of hydrogen-bond donors (Lipinski definition) is 2. The standard InChI is InChI=1S/C35H35N5O5/c1-23-6-4-5-7-31(23)39(3)35(45)37-27-12-8-24(9-13-27)20-32(41)38(2)28-14-10-25(11-15-28)29-21-40(22-30(29)34(43)44)33(42)26-16-18-36-19-17-26/h4-19,29-30H,20-22H2,1-3H3,(H,37,45)(H,43,44). The van der Waals surface area contributed by atoms with Gasteiger partial charge in [0, 0.05) is 68.1 Å². The summed E-state index contributed by atoms with van der Waals surface area (Å²) in [6.45, 7) is 2.35. The first kappa shape index (κ1) is 30.9. The fourth-order valence-electron chi connectivity index (χ4n) is 5.58. The number of nitrogens with zero attached hydrogens (tertiary/aromatic N) is 4. The summed E-state index contributed by atoms with van der Waals surface area (Å²) in [4.78, 5) is 59.5. The Labute approximate surface area is 261 Å². The second-order valence-electron chi connectivity index (χ2n) is 11.2. The highest BCUT2D eigenvalue weighted by Gasteiger charge is 2.40. The van der Waals surface area contributed by atoms with E-state index >= 15 is 0 Å². The maximum atomic E-state index is 13.1. The Bertz CT molecular complexity index is 1690. The van der Waals surface area contributed by atoms with Gasteiger partial charge in [-0.2, -0.15) is 0 Å². The van der Waals surface area contributed by atoms with Crippen LogP contribution in [0.3, 0.4) is 0 Å². The smallest absolute Gasteiger partial charge is 0.326 e. The van der Waals surface area contributed by atoms with Crippen LogP contribution in [0.2, 0.25) is 0 Å². The van der Waals surface area contributed by atoms with E-state index in [-0.39, 0.29) is 43.3 Å². The van der Waals surface area contributed by atoms with Crippen LogP contribution in [-0.2, 0) is 16.0 Å². The Balaban J connectivity index is 1.19. The quantitative estimate of drug-likeness (QED) is 0.285. The molecular weight excluding hydrogens is 570 g/mol. The molecule has 1 aliphatic heterocycles. The molecule has 2 N–H and O–H groups in total. The number of aliphatic carboxylic acids is 1. The largest absolute Gasteiger partial charge is 0.481 e. The fourth-order valence-corrected chi connectivity index (χ4v) is 5.58. The first-order valence-electron chi connectivity index (χ1n) is 14.6. The number of urea groups is 1. The molecule has 1 aliphatic rings. The van der Waals surface area contributed by atoms with Crippen LogP contribution in [0, 0.1) is 12.8 Å². The van der Waals surface area contributed by atoms with Gasteiger partial charge in [0.1, 0.15) is 0 Å². The average molecular weight is 606 g/mol. The molecule has 1 fully saturated rings. The van der Waals surface area contributed by atoms with Gasteiger partial charge in [0.25, 0.3) is 5.91 Å². The monoisotopic (exact) mass is 605 g/mol. The zero-order chi connectivity index (χ0) is 32.1. The average Bonchev–Trinajstić information content (AvgIpc) is 3.51. The highest BCUT2D eigenvalue weighted by Crippen LogP contribution is 2.34. The van der Waals surface area contributed by atoms with E-state index in [0.717, 1.165) is 22.4 Å². The van der Waals surface area contributed by atoms with Crippen LogP contribution in [0.25, 0.3) is 0 Å². The lowest BCUT2D eigenvalue weighted by molar-refractivity contribution is -0.141. The van der Waals surface area contributed by atoms with E-state index in [4.69, 9.17) is 0 Å². The molecule has 230 valence electrons. The van der Waals surface area contributed by atoms with Crippen LogP contribution in [0.4, 0.5) is 21.9 Å². The number of benzene rings is 3. The molecule has 4 amide bonds. The van der Waals surface area contributed by atoms with E-state index in [1.165, 1.54) is 12.4 Å². The van der Waals surface area contributed by atoms with Crippen molar-refractivity contribution in [1.29, 1.82) is 0 Å². The summed E-state index contributed by atoms with van der Waals surface area (Å²) < 4.78 is 0. The van der Waals surface area contributed by atoms with Crippen LogP contribution in [0.15, 0.2) is 97.3 Å². The molecule has 45 heavy (non-hydrogen) atoms. The van der Waals surface area contributed by atoms with Gasteiger partial charge in [0.2, 0.25) is 5.91 Å². The van der Waals surface area contributed by atoms with Gasteiger partial charge in [0.15, 0.2) is 0 Å². The summed E-state index contributed by atoms with van der Waals surface area (Å²) in [5, 5.41) is 12.8. The third kappa shape index (κ3) is 7.01. The number of rotatable bonds is 8. The molecule has 2 heterocycles. The minimum absolute atomic E-state index is 0.118. The number of likely N-dealkylation sites (N-methyl/N-ethyl adjacent to an activating group) is 1. The Morgan fingerprint density at radius 2 is 1.53 bits per heavy atom. The predicted molar refractivity (Wildman–Crippen MR) is 173 cm³/mol. The van der Waals surface area contributed by atoms with Gasteiger partial charge in [-0.15, -0.1) is 0 Å². The summed E-state index contributed by atoms with van der Waals surface area (Å²) >= 11 is 0. The van der Waals surface area contributed by atoms with Crippen molar-refractivity contribution >= 4 is 40.9 Å². The molecule has 10 heteroatoms. The SMILES string of the molecule is Cc1ccccc1N(C)C(=O)Nc1ccc(CC(=O)N(C)c2ccc(C3CN(C(=O)c4ccncc4)CC3C(=O)O)cc2)cc1. The Kier molecular flexibility index (Phi) is 9.22. The van der Waals surface area contributed by atoms with E-state index in [2.05, 4.69) is 10.3 Å². The summed E-state index contributed by atoms with van der Waals surface area (Å²) in [5.41, 5.74) is 5.15. The lowest BCUT2D eigenvalue weighted by Crippen LogP contribution is -2.31. The van der Waals surface area contributed by atoms with Gasteiger partial charge in [-0.05, 0) is 66.1 Å². The molecular formula is C35H35N5O5. The second kappa shape index (κ2) is 13.4. The maximum absolute atomic E-state index is 13.1. The summed E-state index contributed by atoms with van der Waals surface area (Å²) in [5.74, 6) is -2.42. The van der Waals surface area contributed by atoms with Gasteiger partial charge in [0.05, 0.1) is 12.3 Å². The van der Waals surface area contributed by atoms with Crippen molar-refractivity contribution in [2.45, 2.75) is 19.3 Å². The van der Waals surface area contributed by atoms with Gasteiger partial charge in [-0.3, -0.25) is 24.3 Å². The number of likely N-dealkylation sites (tertiary alicyclic amines) is 1. The Morgan fingerprint density at radius 3 is 2.18 bits per heavy atom. The Morgan fingerprint density at radius 1 is 0.867 bits per heavy atom. The van der Waals surface area contributed by atoms with Crippen molar-refractivity contribution in [2.75, 3.05) is 42.3 Å². The van der Waals surface area contributed by atoms with Gasteiger partial charge < -0.3 is 20.2 Å². The third-order valence-corrected chi connectivity index (χ3v) is 8.28. The van der Waals surface area contributed by atoms with Crippen LogP contribution in [-0.4, -0.2) is 66.0 Å². The number of carboxylic acid groups (broad SMARTS) is 1. The highest BCUT2D eigenvalue weighted by atomic mass is 16.4. The lowest BCUT2D eigenvalue weighted by atomic mass is 9.89. The predicted octanol–water partition coefficient (Wildman–Crippen LogP) is 5.20. The minimum Gasteiger partial charge on any atom is -0.481 e. The number of anilines is 3. The number of carbonyl (C=O) groups excluding carboxylic acids is 3. The van der Waals surface area contributed by atoms with E-state index in [1.54, 1.807) is 65.2 Å². The molecule has 10 nitrogen and oxygen atoms in total. The van der Waals surface area contributed by atoms with Crippen molar-refractivity contribution in [3.8, 4) is 0 Å². The zero-order valence-electron chi connectivity index (χ0n) is 25.4. The highest BCUT2D eigenvalue weighted by molar-refractivity contribution is 6.02. The van der Waals surface area contributed by atoms with E-state index in [0.29, 0.717) is 16.9 Å². The van der Waals surface area contributed by atoms with Crippen molar-refractivity contribution in [2.24, 2.45) is 5.92 Å². The number of amides is 4. The number of para-hydroxylation sites is 1. The lowest BCUT2D eigenvalue weighted by Gasteiger charge is -2.21. The van der Waals surface area contributed by atoms with E-state index in [1.807, 2.05) is 55.5 Å². The van der Waals surface area contributed by atoms with Gasteiger partial charge in [-0.1, -0.05) is 42.5 Å². The molecule has 2 unspecified atom stereocenters. The molecule has 0 radical (unpaired) electrons. The van der Waals surface area contributed by atoms with Gasteiger partial charge in [-0.25, -0.2) is 4.79 Å². The summed E-state index contributed by atoms with van der Waals surface area (Å²) in [6, 6.07) is 25.0. The molecule has 0 spiro atoms. The van der Waals surface area contributed by atoms with Crippen LogP contribution in [0.5, 0.6) is 0 Å². The van der Waals surface area contributed by atoms with Crippen LogP contribution in [0.1, 0.15) is 33.0 Å². The van der Waals surface area contributed by atoms with Crippen LogP contribution >= 0.6 is 0 Å².